The van der Waals surface area contributed by atoms with E-state index >= 15 is 0 Å². The minimum absolute atomic E-state index is 0.416. The molecule has 0 saturated carbocycles. The van der Waals surface area contributed by atoms with Gasteiger partial charge in [0.2, 0.25) is 0 Å². The molecule has 0 aliphatic heterocycles. The molecule has 0 radical (unpaired) electrons. The Morgan fingerprint density at radius 2 is 2.11 bits per heavy atom. The monoisotopic (exact) mass is 291 g/mol. The molecule has 0 bridgehead atoms. The maximum atomic E-state index is 5.26. The third-order valence-corrected chi connectivity index (χ3v) is 3.90. The van der Waals surface area contributed by atoms with Crippen molar-refractivity contribution in [2.45, 2.75) is 19.8 Å². The van der Waals surface area contributed by atoms with Crippen LogP contribution in [-0.2, 0) is 0 Å². The van der Waals surface area contributed by atoms with Gasteiger partial charge in [-0.25, -0.2) is 4.98 Å². The van der Waals surface area contributed by atoms with Gasteiger partial charge in [0.15, 0.2) is 10.2 Å². The maximum Gasteiger partial charge on any atom is 0.189 e. The van der Waals surface area contributed by atoms with Gasteiger partial charge >= 0.3 is 0 Å². The molecular formula is C14H17N3S2. The summed E-state index contributed by atoms with van der Waals surface area (Å²) in [4.78, 5) is 4.32. The topological polar surface area (TPSA) is 37.0 Å². The molecule has 19 heavy (non-hydrogen) atoms. The predicted molar refractivity (Wildman–Crippen MR) is 85.9 cm³/mol. The Morgan fingerprint density at radius 3 is 2.74 bits per heavy atom. The fraction of sp³-hybridized carbons (Fsp3) is 0.286. The SMILES string of the molecule is Cc1csc(NC(=S)NC[C@H](C)c2ccccc2)n1. The highest BCUT2D eigenvalue weighted by Crippen LogP contribution is 2.15. The van der Waals surface area contributed by atoms with Crippen LogP contribution in [0.2, 0.25) is 0 Å². The van der Waals surface area contributed by atoms with Crippen molar-refractivity contribution in [3.8, 4) is 0 Å². The van der Waals surface area contributed by atoms with Gasteiger partial charge in [0.25, 0.3) is 0 Å². The van der Waals surface area contributed by atoms with Crippen molar-refractivity contribution in [1.29, 1.82) is 0 Å². The summed E-state index contributed by atoms with van der Waals surface area (Å²) in [6, 6.07) is 10.4. The van der Waals surface area contributed by atoms with Crippen LogP contribution >= 0.6 is 23.6 Å². The zero-order valence-corrected chi connectivity index (χ0v) is 12.6. The van der Waals surface area contributed by atoms with E-state index in [1.165, 1.54) is 5.56 Å². The molecule has 0 fully saturated rings. The van der Waals surface area contributed by atoms with Gasteiger partial charge in [-0.2, -0.15) is 0 Å². The van der Waals surface area contributed by atoms with Gasteiger partial charge in [0, 0.05) is 11.9 Å². The summed E-state index contributed by atoms with van der Waals surface area (Å²) in [5.41, 5.74) is 2.32. The normalized spacial score (nSPS) is 11.9. The number of nitrogens with one attached hydrogen (secondary N) is 2. The van der Waals surface area contributed by atoms with E-state index in [1.54, 1.807) is 11.3 Å². The first-order chi connectivity index (χ1) is 9.15. The number of benzene rings is 1. The number of hydrogen-bond acceptors (Lipinski definition) is 3. The zero-order chi connectivity index (χ0) is 13.7. The van der Waals surface area contributed by atoms with E-state index < -0.39 is 0 Å². The standard InChI is InChI=1S/C14H17N3S2/c1-10(12-6-4-3-5-7-12)8-15-13(18)17-14-16-11(2)9-19-14/h3-7,9-10H,8H2,1-2H3,(H2,15,16,17,18)/t10-/m0/s1. The van der Waals surface area contributed by atoms with Gasteiger partial charge in [0.05, 0.1) is 5.69 Å². The van der Waals surface area contributed by atoms with E-state index in [0.29, 0.717) is 11.0 Å². The van der Waals surface area contributed by atoms with Crippen LogP contribution in [0.4, 0.5) is 5.13 Å². The molecule has 0 amide bonds. The number of aromatic nitrogens is 1. The van der Waals surface area contributed by atoms with Gasteiger partial charge < -0.3 is 10.6 Å². The Hall–Kier alpha value is -1.46. The summed E-state index contributed by atoms with van der Waals surface area (Å²) in [6.45, 7) is 4.95. The van der Waals surface area contributed by atoms with Gasteiger partial charge in [-0.1, -0.05) is 37.3 Å². The first-order valence-electron chi connectivity index (χ1n) is 6.17. The molecule has 0 unspecified atom stereocenters. The largest absolute Gasteiger partial charge is 0.362 e. The molecule has 2 rings (SSSR count). The summed E-state index contributed by atoms with van der Waals surface area (Å²) in [7, 11) is 0. The fourth-order valence-corrected chi connectivity index (χ4v) is 2.64. The Kier molecular flexibility index (Phi) is 4.87. The van der Waals surface area contributed by atoms with E-state index in [9.17, 15) is 0 Å². The smallest absolute Gasteiger partial charge is 0.189 e. The molecule has 1 heterocycles. The predicted octanol–water partition coefficient (Wildman–Crippen LogP) is 3.54. The average Bonchev–Trinajstić information content (AvgIpc) is 2.82. The number of rotatable bonds is 4. The molecule has 5 heteroatoms. The molecule has 1 aromatic carbocycles. The summed E-state index contributed by atoms with van der Waals surface area (Å²) in [5, 5.41) is 9.78. The second-order valence-electron chi connectivity index (χ2n) is 4.44. The maximum absolute atomic E-state index is 5.26. The average molecular weight is 291 g/mol. The van der Waals surface area contributed by atoms with Crippen molar-refractivity contribution in [2.75, 3.05) is 11.9 Å². The Bertz CT molecular complexity index is 537. The first-order valence-corrected chi connectivity index (χ1v) is 7.46. The third kappa shape index (κ3) is 4.29. The Labute approximate surface area is 123 Å². The molecule has 0 aliphatic carbocycles. The van der Waals surface area contributed by atoms with Crippen LogP contribution in [0.1, 0.15) is 24.1 Å². The summed E-state index contributed by atoms with van der Waals surface area (Å²) >= 11 is 6.82. The Balaban J connectivity index is 1.80. The van der Waals surface area contributed by atoms with Crippen LogP contribution in [0.5, 0.6) is 0 Å². The van der Waals surface area contributed by atoms with Crippen molar-refractivity contribution in [1.82, 2.24) is 10.3 Å². The number of aryl methyl sites for hydroxylation is 1. The first kappa shape index (κ1) is 14.0. The lowest BCUT2D eigenvalue weighted by Gasteiger charge is -2.14. The molecule has 2 aromatic rings. The van der Waals surface area contributed by atoms with E-state index in [1.807, 2.05) is 18.4 Å². The van der Waals surface area contributed by atoms with E-state index in [-0.39, 0.29) is 0 Å². The quantitative estimate of drug-likeness (QED) is 0.845. The second-order valence-corrected chi connectivity index (χ2v) is 5.71. The van der Waals surface area contributed by atoms with Crippen LogP contribution in [0.3, 0.4) is 0 Å². The van der Waals surface area contributed by atoms with Crippen molar-refractivity contribution < 1.29 is 0 Å². The molecule has 1 atom stereocenters. The number of nitrogens with zero attached hydrogens (tertiary/aromatic N) is 1. The van der Waals surface area contributed by atoms with Crippen LogP contribution in [-0.4, -0.2) is 16.6 Å². The highest BCUT2D eigenvalue weighted by molar-refractivity contribution is 7.80. The highest BCUT2D eigenvalue weighted by Gasteiger charge is 2.06. The van der Waals surface area contributed by atoms with Crippen LogP contribution in [0, 0.1) is 6.92 Å². The summed E-state index contributed by atoms with van der Waals surface area (Å²) < 4.78 is 0. The molecule has 2 N–H and O–H groups in total. The molecule has 0 aliphatic rings. The number of anilines is 1. The lowest BCUT2D eigenvalue weighted by molar-refractivity contribution is 0.723. The molecule has 100 valence electrons. The molecule has 3 nitrogen and oxygen atoms in total. The van der Waals surface area contributed by atoms with Crippen LogP contribution in [0.15, 0.2) is 35.7 Å². The lowest BCUT2D eigenvalue weighted by Crippen LogP contribution is -2.31. The van der Waals surface area contributed by atoms with Gasteiger partial charge in [0.1, 0.15) is 0 Å². The number of thiazole rings is 1. The third-order valence-electron chi connectivity index (χ3n) is 2.78. The number of thiocarbonyl (C=S) groups is 1. The molecular weight excluding hydrogens is 274 g/mol. The van der Waals surface area contributed by atoms with Crippen molar-refractivity contribution in [3.63, 3.8) is 0 Å². The van der Waals surface area contributed by atoms with Crippen molar-refractivity contribution >= 4 is 33.8 Å². The molecule has 1 aromatic heterocycles. The minimum atomic E-state index is 0.416. The van der Waals surface area contributed by atoms with E-state index in [4.69, 9.17) is 12.2 Å². The minimum Gasteiger partial charge on any atom is -0.362 e. The Morgan fingerprint density at radius 1 is 1.37 bits per heavy atom. The molecule has 0 spiro atoms. The van der Waals surface area contributed by atoms with E-state index in [0.717, 1.165) is 17.4 Å². The van der Waals surface area contributed by atoms with Gasteiger partial charge in [-0.3, -0.25) is 0 Å². The summed E-state index contributed by atoms with van der Waals surface area (Å²) in [5.74, 6) is 0.416. The van der Waals surface area contributed by atoms with Crippen LogP contribution in [0.25, 0.3) is 0 Å². The second kappa shape index (κ2) is 6.63. The zero-order valence-electron chi connectivity index (χ0n) is 11.0. The van der Waals surface area contributed by atoms with Crippen LogP contribution < -0.4 is 10.6 Å². The lowest BCUT2D eigenvalue weighted by atomic mass is 10.0. The van der Waals surface area contributed by atoms with Crippen molar-refractivity contribution in [3.05, 3.63) is 47.0 Å². The van der Waals surface area contributed by atoms with E-state index in [2.05, 4.69) is 46.8 Å². The summed E-state index contributed by atoms with van der Waals surface area (Å²) in [6.07, 6.45) is 0. The van der Waals surface area contributed by atoms with Gasteiger partial charge in [-0.05, 0) is 30.6 Å². The number of hydrogen-bond donors (Lipinski definition) is 2. The van der Waals surface area contributed by atoms with Gasteiger partial charge in [-0.15, -0.1) is 11.3 Å². The highest BCUT2D eigenvalue weighted by atomic mass is 32.1. The van der Waals surface area contributed by atoms with Crippen molar-refractivity contribution in [2.24, 2.45) is 0 Å². The molecule has 0 saturated heterocycles. The fourth-order valence-electron chi connectivity index (χ4n) is 1.70.